The minimum Gasteiger partial charge on any atom is -0.272 e. The molecule has 1 unspecified atom stereocenters. The van der Waals surface area contributed by atoms with E-state index in [2.05, 4.69) is 25.1 Å². The maximum atomic E-state index is 10.3. The lowest BCUT2D eigenvalue weighted by atomic mass is 10.9. The molecule has 21 heavy (non-hydrogen) atoms. The Hall–Kier alpha value is 0.210. The second kappa shape index (κ2) is 22.5. The fraction of sp³-hybridized carbons (Fsp3) is 1.00. The van der Waals surface area contributed by atoms with Gasteiger partial charge in [-0.25, -0.2) is 0 Å². The van der Waals surface area contributed by atoms with Crippen LogP contribution in [0, 0.1) is 0 Å². The Kier molecular flexibility index (Phi) is 28.0. The summed E-state index contributed by atoms with van der Waals surface area (Å²) in [4.78, 5) is 0. The van der Waals surface area contributed by atoms with Gasteiger partial charge in [0.15, 0.2) is 0 Å². The zero-order valence-electron chi connectivity index (χ0n) is 13.0. The van der Waals surface area contributed by atoms with Gasteiger partial charge in [0.1, 0.15) is 0 Å². The zero-order chi connectivity index (χ0) is 17.1. The zero-order valence-corrected chi connectivity index (χ0v) is 15.5. The van der Waals surface area contributed by atoms with Crippen LogP contribution in [-0.2, 0) is 59.2 Å². The van der Waals surface area contributed by atoms with Crippen molar-refractivity contribution < 1.29 is 37.7 Å². The van der Waals surface area contributed by atoms with Crippen molar-refractivity contribution in [2.75, 3.05) is 41.2 Å². The lowest BCUT2D eigenvalue weighted by Crippen LogP contribution is -2.00. The van der Waals surface area contributed by atoms with Crippen LogP contribution in [0.5, 0.6) is 0 Å². The van der Waals surface area contributed by atoms with Gasteiger partial charge in [0.2, 0.25) is 0 Å². The third-order valence-corrected chi connectivity index (χ3v) is 3.15. The van der Waals surface area contributed by atoms with Crippen LogP contribution in [-0.4, -0.2) is 53.8 Å². The van der Waals surface area contributed by atoms with Crippen LogP contribution in [0.4, 0.5) is 0 Å². The molecule has 0 amide bonds. The Morgan fingerprint density at radius 3 is 1.00 bits per heavy atom. The fourth-order valence-electron chi connectivity index (χ4n) is 0.439. The first-order chi connectivity index (χ1) is 9.92. The maximum Gasteiger partial charge on any atom is 0.304 e. The van der Waals surface area contributed by atoms with Crippen molar-refractivity contribution in [1.82, 2.24) is 0 Å². The van der Waals surface area contributed by atoms with E-state index in [-0.39, 0.29) is 0 Å². The Morgan fingerprint density at radius 2 is 0.857 bits per heavy atom. The van der Waals surface area contributed by atoms with Crippen molar-refractivity contribution in [1.29, 1.82) is 0 Å². The summed E-state index contributed by atoms with van der Waals surface area (Å²) >= 11 is -4.58. The molecule has 0 saturated heterocycles. The van der Waals surface area contributed by atoms with Gasteiger partial charge in [0.25, 0.3) is 0 Å². The largest absolute Gasteiger partial charge is 0.304 e. The maximum absolute atomic E-state index is 10.3. The Morgan fingerprint density at radius 1 is 0.571 bits per heavy atom. The Labute approximate surface area is 134 Å². The van der Waals surface area contributed by atoms with Gasteiger partial charge in [-0.2, -0.15) is 12.6 Å². The smallest absolute Gasteiger partial charge is 0.272 e. The normalized spacial score (nSPS) is 11.4. The van der Waals surface area contributed by atoms with E-state index in [9.17, 15) is 12.6 Å². The van der Waals surface area contributed by atoms with Crippen molar-refractivity contribution in [3.05, 3.63) is 0 Å². The van der Waals surface area contributed by atoms with Crippen LogP contribution >= 0.6 is 0 Å². The van der Waals surface area contributed by atoms with Gasteiger partial charge in [-0.3, -0.25) is 25.1 Å². The highest BCUT2D eigenvalue weighted by Crippen LogP contribution is 1.85. The third kappa shape index (κ3) is 29.0. The molecule has 0 saturated carbocycles. The van der Waals surface area contributed by atoms with Crippen LogP contribution in [0.3, 0.4) is 0 Å². The molecule has 0 aliphatic heterocycles. The first-order valence-corrected chi connectivity index (χ1v) is 8.71. The summed E-state index contributed by atoms with van der Waals surface area (Å²) in [5.41, 5.74) is 0. The molecular formula is C9H24O9S3. The van der Waals surface area contributed by atoms with Crippen molar-refractivity contribution in [3.8, 4) is 0 Å². The molecule has 0 radical (unpaired) electrons. The molecule has 0 N–H and O–H groups in total. The van der Waals surface area contributed by atoms with Crippen molar-refractivity contribution in [3.63, 3.8) is 0 Å². The minimum absolute atomic E-state index is 0.417. The lowest BCUT2D eigenvalue weighted by Gasteiger charge is -1.95. The summed E-state index contributed by atoms with van der Waals surface area (Å²) in [5, 5.41) is 0. The van der Waals surface area contributed by atoms with Gasteiger partial charge in [-0.1, -0.05) is 0 Å². The third-order valence-electron chi connectivity index (χ3n) is 1.05. The molecule has 0 rings (SSSR count). The molecule has 0 aliphatic rings. The van der Waals surface area contributed by atoms with Gasteiger partial charge < -0.3 is 0 Å². The van der Waals surface area contributed by atoms with Gasteiger partial charge in [0, 0.05) is 0 Å². The quantitative estimate of drug-likeness (QED) is 0.579. The first kappa shape index (κ1) is 26.1. The number of hydrogen-bond donors (Lipinski definition) is 0. The highest BCUT2D eigenvalue weighted by molar-refractivity contribution is 7.75. The molecule has 0 heterocycles. The highest BCUT2D eigenvalue weighted by Gasteiger charge is 1.93. The van der Waals surface area contributed by atoms with Crippen molar-refractivity contribution >= 4 is 34.1 Å². The number of rotatable bonds is 9. The monoisotopic (exact) mass is 372 g/mol. The molecule has 0 aromatic carbocycles. The molecule has 132 valence electrons. The van der Waals surface area contributed by atoms with E-state index in [4.69, 9.17) is 0 Å². The molecule has 0 aliphatic carbocycles. The van der Waals surface area contributed by atoms with E-state index in [1.807, 2.05) is 0 Å². The molecule has 0 aromatic heterocycles. The van der Waals surface area contributed by atoms with E-state index < -0.39 is 34.1 Å². The Bertz CT molecular complexity index is 261. The van der Waals surface area contributed by atoms with Crippen molar-refractivity contribution in [2.24, 2.45) is 0 Å². The first-order valence-electron chi connectivity index (χ1n) is 5.71. The van der Waals surface area contributed by atoms with Crippen LogP contribution in [0.25, 0.3) is 0 Å². The topological polar surface area (TPSA) is 107 Å². The summed E-state index contributed by atoms with van der Waals surface area (Å²) in [7, 11) is 3.94. The minimum atomic E-state index is -1.53. The molecule has 9 nitrogen and oxygen atoms in total. The fourth-order valence-corrected chi connectivity index (χ4v) is 1.32. The summed E-state index contributed by atoms with van der Waals surface area (Å²) < 4.78 is 56.3. The van der Waals surface area contributed by atoms with E-state index in [1.54, 1.807) is 20.8 Å². The van der Waals surface area contributed by atoms with E-state index in [1.165, 1.54) is 21.3 Å². The second-order valence-corrected chi connectivity index (χ2v) is 5.26. The molecular weight excluding hydrogens is 348 g/mol. The summed E-state index contributed by atoms with van der Waals surface area (Å²) in [6, 6.07) is 0. The summed E-state index contributed by atoms with van der Waals surface area (Å²) in [5.74, 6) is 0. The predicted octanol–water partition coefficient (Wildman–Crippen LogP) is 0.744. The van der Waals surface area contributed by atoms with E-state index in [0.717, 1.165) is 0 Å². The van der Waals surface area contributed by atoms with Gasteiger partial charge >= 0.3 is 34.1 Å². The highest BCUT2D eigenvalue weighted by atomic mass is 32.2. The number of hydrogen-bond acceptors (Lipinski definition) is 9. The Balaban J connectivity index is -0.000000234. The molecule has 0 fully saturated rings. The predicted molar refractivity (Wildman–Crippen MR) is 80.3 cm³/mol. The van der Waals surface area contributed by atoms with E-state index in [0.29, 0.717) is 19.8 Å². The average Bonchev–Trinajstić information content (AvgIpc) is 2.48. The van der Waals surface area contributed by atoms with Crippen LogP contribution in [0.1, 0.15) is 20.8 Å². The molecule has 0 aromatic rings. The van der Waals surface area contributed by atoms with Crippen LogP contribution in [0.15, 0.2) is 0 Å². The molecule has 12 heteroatoms. The standard InChI is InChI=1S/C4H10O3S.C3H8O3S.C2H6O3S/c1-3-6-8(5)7-4-2;1-3-6-7(4)5-2;1-4-6(3)5-2/h3-4H2,1-2H3;3H2,1-2H3;1-2H3. The average molecular weight is 372 g/mol. The molecule has 0 spiro atoms. The summed E-state index contributed by atoms with van der Waals surface area (Å²) in [6.07, 6.45) is 0. The van der Waals surface area contributed by atoms with E-state index >= 15 is 0 Å². The lowest BCUT2D eigenvalue weighted by molar-refractivity contribution is 0.269. The summed E-state index contributed by atoms with van der Waals surface area (Å²) in [6.45, 7) is 6.53. The van der Waals surface area contributed by atoms with Crippen LogP contribution in [0.2, 0.25) is 0 Å². The van der Waals surface area contributed by atoms with Crippen molar-refractivity contribution in [2.45, 2.75) is 20.8 Å². The SMILES string of the molecule is CCOS(=O)OC.CCOS(=O)OCC.COS(=O)OC. The van der Waals surface area contributed by atoms with Gasteiger partial charge in [-0.05, 0) is 20.8 Å². The van der Waals surface area contributed by atoms with Gasteiger partial charge in [-0.15, -0.1) is 0 Å². The van der Waals surface area contributed by atoms with Gasteiger partial charge in [0.05, 0.1) is 41.2 Å². The molecule has 1 atom stereocenters. The second-order valence-electron chi connectivity index (χ2n) is 2.33. The molecule has 0 bridgehead atoms. The van der Waals surface area contributed by atoms with Crippen LogP contribution < -0.4 is 0 Å².